The van der Waals surface area contributed by atoms with Crippen LogP contribution in [-0.4, -0.2) is 40.0 Å². The molecule has 0 aromatic heterocycles. The molecule has 0 unspecified atom stereocenters. The molecule has 0 bridgehead atoms. The van der Waals surface area contributed by atoms with E-state index in [2.05, 4.69) is 5.32 Å². The predicted octanol–water partition coefficient (Wildman–Crippen LogP) is 1.62. The van der Waals surface area contributed by atoms with Crippen molar-refractivity contribution in [1.29, 1.82) is 0 Å². The number of ether oxygens (including phenoxy) is 2. The fourth-order valence-corrected chi connectivity index (χ4v) is 1.44. The Morgan fingerprint density at radius 2 is 2.06 bits per heavy atom. The van der Waals surface area contributed by atoms with E-state index in [1.165, 1.54) is 6.07 Å². The van der Waals surface area contributed by atoms with Crippen LogP contribution in [0.15, 0.2) is 24.3 Å². The van der Waals surface area contributed by atoms with Crippen LogP contribution in [0, 0.1) is 5.82 Å². The fourth-order valence-electron chi connectivity index (χ4n) is 1.44. The van der Waals surface area contributed by atoms with E-state index in [9.17, 15) is 4.39 Å². The molecule has 1 N–H and O–H groups in total. The molecule has 0 heterocycles. The maximum absolute atomic E-state index is 12.9. The summed E-state index contributed by atoms with van der Waals surface area (Å²) in [6, 6.07) is 6.69. The molecule has 1 aromatic rings. The van der Waals surface area contributed by atoms with Crippen LogP contribution in [0.4, 0.5) is 4.39 Å². The zero-order chi connectivity index (χ0) is 12.3. The maximum Gasteiger partial charge on any atom is 0.123 e. The zero-order valence-electron chi connectivity index (χ0n) is 10.2. The lowest BCUT2D eigenvalue weighted by molar-refractivity contribution is 0.0721. The van der Waals surface area contributed by atoms with Gasteiger partial charge in [0, 0.05) is 13.7 Å². The maximum atomic E-state index is 12.9. The standard InChI is InChI=1S/C13H20FNO2/c1-16-9-10-17-8-7-15-6-5-12-3-2-4-13(14)11-12/h2-4,11,15H,5-10H2,1H3. The van der Waals surface area contributed by atoms with Gasteiger partial charge in [-0.1, -0.05) is 12.1 Å². The Labute approximate surface area is 102 Å². The van der Waals surface area contributed by atoms with E-state index in [1.54, 1.807) is 19.2 Å². The average molecular weight is 241 g/mol. The van der Waals surface area contributed by atoms with Gasteiger partial charge in [0.2, 0.25) is 0 Å². The van der Waals surface area contributed by atoms with Crippen molar-refractivity contribution in [1.82, 2.24) is 5.32 Å². The highest BCUT2D eigenvalue weighted by Crippen LogP contribution is 2.03. The number of hydrogen-bond acceptors (Lipinski definition) is 3. The molecule has 0 aliphatic heterocycles. The van der Waals surface area contributed by atoms with Gasteiger partial charge in [0.15, 0.2) is 0 Å². The van der Waals surface area contributed by atoms with Crippen LogP contribution in [0.3, 0.4) is 0 Å². The SMILES string of the molecule is COCCOCCNCCc1cccc(F)c1. The summed E-state index contributed by atoms with van der Waals surface area (Å²) in [4.78, 5) is 0. The average Bonchev–Trinajstić information content (AvgIpc) is 2.33. The molecule has 0 amide bonds. The molecule has 0 aliphatic rings. The summed E-state index contributed by atoms with van der Waals surface area (Å²) in [7, 11) is 1.65. The van der Waals surface area contributed by atoms with Crippen molar-refractivity contribution in [2.45, 2.75) is 6.42 Å². The predicted molar refractivity (Wildman–Crippen MR) is 65.7 cm³/mol. The van der Waals surface area contributed by atoms with Gasteiger partial charge in [-0.15, -0.1) is 0 Å². The van der Waals surface area contributed by atoms with Crippen LogP contribution in [0.1, 0.15) is 5.56 Å². The van der Waals surface area contributed by atoms with Crippen LogP contribution in [-0.2, 0) is 15.9 Å². The van der Waals surface area contributed by atoms with Crippen molar-refractivity contribution >= 4 is 0 Å². The van der Waals surface area contributed by atoms with Gasteiger partial charge in [-0.2, -0.15) is 0 Å². The summed E-state index contributed by atoms with van der Waals surface area (Å²) in [5, 5.41) is 3.24. The Morgan fingerprint density at radius 1 is 1.18 bits per heavy atom. The van der Waals surface area contributed by atoms with Gasteiger partial charge in [-0.3, -0.25) is 0 Å². The van der Waals surface area contributed by atoms with Gasteiger partial charge >= 0.3 is 0 Å². The third kappa shape index (κ3) is 7.05. The minimum absolute atomic E-state index is 0.176. The lowest BCUT2D eigenvalue weighted by Gasteiger charge is -2.06. The summed E-state index contributed by atoms with van der Waals surface area (Å²) >= 11 is 0. The van der Waals surface area contributed by atoms with E-state index in [-0.39, 0.29) is 5.82 Å². The highest BCUT2D eigenvalue weighted by Gasteiger charge is 1.95. The number of hydrogen-bond donors (Lipinski definition) is 1. The van der Waals surface area contributed by atoms with Crippen LogP contribution < -0.4 is 5.32 Å². The number of halogens is 1. The second kappa shape index (κ2) is 9.10. The van der Waals surface area contributed by atoms with Gasteiger partial charge in [-0.05, 0) is 30.7 Å². The second-order valence-electron chi connectivity index (χ2n) is 3.74. The van der Waals surface area contributed by atoms with Crippen LogP contribution in [0.5, 0.6) is 0 Å². The number of methoxy groups -OCH3 is 1. The topological polar surface area (TPSA) is 30.5 Å². The number of rotatable bonds is 9. The van der Waals surface area contributed by atoms with E-state index < -0.39 is 0 Å². The van der Waals surface area contributed by atoms with E-state index >= 15 is 0 Å². The molecule has 4 heteroatoms. The van der Waals surface area contributed by atoms with Crippen molar-refractivity contribution < 1.29 is 13.9 Å². The van der Waals surface area contributed by atoms with Crippen molar-refractivity contribution in [3.05, 3.63) is 35.6 Å². The molecule has 0 radical (unpaired) electrons. The van der Waals surface area contributed by atoms with Crippen molar-refractivity contribution in [3.8, 4) is 0 Å². The molecule has 1 rings (SSSR count). The summed E-state index contributed by atoms with van der Waals surface area (Å²) in [5.41, 5.74) is 1.01. The highest BCUT2D eigenvalue weighted by atomic mass is 19.1. The number of benzene rings is 1. The molecular formula is C13H20FNO2. The minimum atomic E-state index is -0.176. The fraction of sp³-hybridized carbons (Fsp3) is 0.538. The van der Waals surface area contributed by atoms with Crippen LogP contribution in [0.2, 0.25) is 0 Å². The molecule has 3 nitrogen and oxygen atoms in total. The molecule has 0 spiro atoms. The summed E-state index contributed by atoms with van der Waals surface area (Å²) in [5.74, 6) is -0.176. The molecule has 1 aromatic carbocycles. The first-order valence-corrected chi connectivity index (χ1v) is 5.85. The normalized spacial score (nSPS) is 10.7. The zero-order valence-corrected chi connectivity index (χ0v) is 10.2. The van der Waals surface area contributed by atoms with Gasteiger partial charge in [0.25, 0.3) is 0 Å². The van der Waals surface area contributed by atoms with Crippen LogP contribution >= 0.6 is 0 Å². The third-order valence-corrected chi connectivity index (χ3v) is 2.33. The minimum Gasteiger partial charge on any atom is -0.382 e. The molecule has 0 atom stereocenters. The summed E-state index contributed by atoms with van der Waals surface area (Å²) in [6.45, 7) is 3.56. The third-order valence-electron chi connectivity index (χ3n) is 2.33. The van der Waals surface area contributed by atoms with E-state index in [4.69, 9.17) is 9.47 Å². The van der Waals surface area contributed by atoms with Crippen LogP contribution in [0.25, 0.3) is 0 Å². The van der Waals surface area contributed by atoms with E-state index in [1.807, 2.05) is 6.07 Å². The molecular weight excluding hydrogens is 221 g/mol. The molecule has 0 aliphatic carbocycles. The second-order valence-corrected chi connectivity index (χ2v) is 3.74. The van der Waals surface area contributed by atoms with Gasteiger partial charge in [-0.25, -0.2) is 4.39 Å². The van der Waals surface area contributed by atoms with Crippen molar-refractivity contribution in [2.75, 3.05) is 40.0 Å². The first-order chi connectivity index (χ1) is 8.33. The largest absolute Gasteiger partial charge is 0.382 e. The quantitative estimate of drug-likeness (QED) is 0.666. The highest BCUT2D eigenvalue weighted by molar-refractivity contribution is 5.16. The monoisotopic (exact) mass is 241 g/mol. The lowest BCUT2D eigenvalue weighted by Crippen LogP contribution is -2.22. The van der Waals surface area contributed by atoms with Crippen molar-refractivity contribution in [3.63, 3.8) is 0 Å². The summed E-state index contributed by atoms with van der Waals surface area (Å²) in [6.07, 6.45) is 0.829. The summed E-state index contributed by atoms with van der Waals surface area (Å²) < 4.78 is 23.0. The molecule has 96 valence electrons. The van der Waals surface area contributed by atoms with Crippen molar-refractivity contribution in [2.24, 2.45) is 0 Å². The Morgan fingerprint density at radius 3 is 2.82 bits per heavy atom. The Hall–Kier alpha value is -0.970. The van der Waals surface area contributed by atoms with E-state index in [0.717, 1.165) is 25.1 Å². The van der Waals surface area contributed by atoms with Gasteiger partial charge in [0.1, 0.15) is 5.82 Å². The van der Waals surface area contributed by atoms with Gasteiger partial charge < -0.3 is 14.8 Å². The smallest absolute Gasteiger partial charge is 0.123 e. The first-order valence-electron chi connectivity index (χ1n) is 5.85. The molecule has 0 fully saturated rings. The molecule has 0 saturated carbocycles. The molecule has 0 saturated heterocycles. The number of nitrogens with one attached hydrogen (secondary N) is 1. The Kier molecular flexibility index (Phi) is 7.54. The lowest BCUT2D eigenvalue weighted by atomic mass is 10.1. The van der Waals surface area contributed by atoms with Gasteiger partial charge in [0.05, 0.1) is 19.8 Å². The first kappa shape index (κ1) is 14.1. The van der Waals surface area contributed by atoms with E-state index in [0.29, 0.717) is 19.8 Å². The Balaban J connectivity index is 1.97. The molecule has 17 heavy (non-hydrogen) atoms. The Bertz CT molecular complexity index is 307.